The molecule has 0 amide bonds. The summed E-state index contributed by atoms with van der Waals surface area (Å²) in [6.45, 7) is 0. The average molecular weight is 295 g/mol. The van der Waals surface area contributed by atoms with Crippen LogP contribution in [0.15, 0.2) is 54.6 Å². The van der Waals surface area contributed by atoms with Crippen molar-refractivity contribution in [3.8, 4) is 5.69 Å². The van der Waals surface area contributed by atoms with Gasteiger partial charge in [0.2, 0.25) is 5.95 Å². The molecule has 0 bridgehead atoms. The highest BCUT2D eigenvalue weighted by molar-refractivity contribution is 5.42. The molecule has 0 saturated heterocycles. The van der Waals surface area contributed by atoms with Crippen LogP contribution in [0.5, 0.6) is 0 Å². The number of halogens is 1. The molecule has 3 aromatic rings. The number of nitrogens with one attached hydrogen (secondary N) is 1. The highest BCUT2D eigenvalue weighted by atomic mass is 19.1. The summed E-state index contributed by atoms with van der Waals surface area (Å²) in [6, 6.07) is 16.7. The van der Waals surface area contributed by atoms with Gasteiger partial charge < -0.3 is 5.32 Å². The molecule has 2 atom stereocenters. The lowest BCUT2D eigenvalue weighted by molar-refractivity contribution is 0.627. The van der Waals surface area contributed by atoms with Crippen molar-refractivity contribution < 1.29 is 4.39 Å². The second-order valence-corrected chi connectivity index (χ2v) is 5.39. The van der Waals surface area contributed by atoms with E-state index in [-0.39, 0.29) is 11.9 Å². The minimum atomic E-state index is -0.207. The van der Waals surface area contributed by atoms with E-state index in [0.717, 1.165) is 17.7 Å². The van der Waals surface area contributed by atoms with E-state index in [0.29, 0.717) is 11.9 Å². The van der Waals surface area contributed by atoms with Gasteiger partial charge in [-0.05, 0) is 46.7 Å². The van der Waals surface area contributed by atoms with Crippen LogP contribution in [-0.4, -0.2) is 26.2 Å². The third-order valence-corrected chi connectivity index (χ3v) is 3.87. The Bertz CT molecular complexity index is 769. The summed E-state index contributed by atoms with van der Waals surface area (Å²) in [6.07, 6.45) is 0.993. The second kappa shape index (κ2) is 5.22. The number of benzene rings is 2. The highest BCUT2D eigenvalue weighted by Crippen LogP contribution is 2.42. The molecule has 0 aliphatic heterocycles. The molecule has 1 heterocycles. The minimum absolute atomic E-state index is 0.207. The van der Waals surface area contributed by atoms with E-state index in [2.05, 4.69) is 20.8 Å². The molecule has 4 rings (SSSR count). The van der Waals surface area contributed by atoms with E-state index in [4.69, 9.17) is 0 Å². The fourth-order valence-electron chi connectivity index (χ4n) is 2.62. The maximum absolute atomic E-state index is 13.0. The predicted molar refractivity (Wildman–Crippen MR) is 80.3 cm³/mol. The lowest BCUT2D eigenvalue weighted by Crippen LogP contribution is -2.10. The molecule has 0 unspecified atom stereocenters. The molecule has 0 spiro atoms. The van der Waals surface area contributed by atoms with Crippen LogP contribution < -0.4 is 5.32 Å². The molecule has 6 heteroatoms. The summed E-state index contributed by atoms with van der Waals surface area (Å²) < 4.78 is 14.6. The van der Waals surface area contributed by atoms with Gasteiger partial charge in [0.1, 0.15) is 5.82 Å². The van der Waals surface area contributed by atoms with Crippen LogP contribution in [0.4, 0.5) is 10.3 Å². The van der Waals surface area contributed by atoms with Gasteiger partial charge in [-0.1, -0.05) is 35.4 Å². The van der Waals surface area contributed by atoms with Crippen molar-refractivity contribution in [1.82, 2.24) is 20.2 Å². The van der Waals surface area contributed by atoms with Gasteiger partial charge in [-0.3, -0.25) is 0 Å². The summed E-state index contributed by atoms with van der Waals surface area (Å²) in [5.41, 5.74) is 2.05. The van der Waals surface area contributed by atoms with E-state index in [1.807, 2.05) is 42.5 Å². The van der Waals surface area contributed by atoms with Gasteiger partial charge in [-0.2, -0.15) is 4.68 Å². The smallest absolute Gasteiger partial charge is 0.247 e. The summed E-state index contributed by atoms with van der Waals surface area (Å²) >= 11 is 0. The number of tetrazole rings is 1. The fourth-order valence-corrected chi connectivity index (χ4v) is 2.62. The molecule has 1 fully saturated rings. The molecule has 1 aromatic heterocycles. The van der Waals surface area contributed by atoms with Crippen molar-refractivity contribution in [1.29, 1.82) is 0 Å². The quantitative estimate of drug-likeness (QED) is 0.804. The van der Waals surface area contributed by atoms with Crippen molar-refractivity contribution in [2.45, 2.75) is 18.4 Å². The molecule has 2 aromatic carbocycles. The molecular weight excluding hydrogens is 281 g/mol. The van der Waals surface area contributed by atoms with Crippen molar-refractivity contribution in [3.05, 3.63) is 66.0 Å². The Balaban J connectivity index is 1.50. The zero-order valence-electron chi connectivity index (χ0n) is 11.7. The third kappa shape index (κ3) is 2.43. The van der Waals surface area contributed by atoms with Gasteiger partial charge in [0.05, 0.1) is 5.69 Å². The van der Waals surface area contributed by atoms with Crippen LogP contribution in [0.1, 0.15) is 17.9 Å². The van der Waals surface area contributed by atoms with E-state index in [1.54, 1.807) is 4.68 Å². The Morgan fingerprint density at radius 2 is 1.82 bits per heavy atom. The average Bonchev–Trinajstić information content (AvgIpc) is 3.16. The summed E-state index contributed by atoms with van der Waals surface area (Å²) in [7, 11) is 0. The summed E-state index contributed by atoms with van der Waals surface area (Å²) in [4.78, 5) is 0. The largest absolute Gasteiger partial charge is 0.349 e. The zero-order valence-corrected chi connectivity index (χ0v) is 11.7. The Kier molecular flexibility index (Phi) is 3.07. The normalized spacial score (nSPS) is 19.9. The lowest BCUT2D eigenvalue weighted by Gasteiger charge is -2.06. The van der Waals surface area contributed by atoms with Crippen LogP contribution in [0.25, 0.3) is 5.69 Å². The minimum Gasteiger partial charge on any atom is -0.349 e. The maximum atomic E-state index is 13.0. The first-order chi connectivity index (χ1) is 10.8. The standard InChI is InChI=1S/C16H14FN5/c17-12-8-6-11(7-9-12)14-10-15(14)18-16-19-20-21-22(16)13-4-2-1-3-5-13/h1-9,14-15H,10H2,(H,18,19,21)/t14-,15+/m0/s1. The van der Waals surface area contributed by atoms with Gasteiger partial charge >= 0.3 is 0 Å². The first kappa shape index (κ1) is 12.9. The topological polar surface area (TPSA) is 55.6 Å². The molecule has 1 saturated carbocycles. The van der Waals surface area contributed by atoms with Crippen LogP contribution in [-0.2, 0) is 0 Å². The van der Waals surface area contributed by atoms with E-state index >= 15 is 0 Å². The molecule has 5 nitrogen and oxygen atoms in total. The Morgan fingerprint density at radius 3 is 2.59 bits per heavy atom. The van der Waals surface area contributed by atoms with Crippen molar-refractivity contribution in [3.63, 3.8) is 0 Å². The number of anilines is 1. The van der Waals surface area contributed by atoms with Gasteiger partial charge in [0.15, 0.2) is 0 Å². The number of rotatable bonds is 4. The van der Waals surface area contributed by atoms with Crippen molar-refractivity contribution >= 4 is 5.95 Å². The summed E-state index contributed by atoms with van der Waals surface area (Å²) in [5.74, 6) is 0.796. The molecular formula is C16H14FN5. The molecule has 22 heavy (non-hydrogen) atoms. The monoisotopic (exact) mass is 295 g/mol. The molecule has 1 aliphatic carbocycles. The van der Waals surface area contributed by atoms with E-state index in [1.165, 1.54) is 12.1 Å². The van der Waals surface area contributed by atoms with Crippen molar-refractivity contribution in [2.75, 3.05) is 5.32 Å². The molecule has 110 valence electrons. The molecule has 1 N–H and O–H groups in total. The molecule has 1 aliphatic rings. The number of para-hydroxylation sites is 1. The van der Waals surface area contributed by atoms with Crippen molar-refractivity contribution in [2.24, 2.45) is 0 Å². The van der Waals surface area contributed by atoms with Gasteiger partial charge in [-0.15, -0.1) is 0 Å². The Morgan fingerprint density at radius 1 is 1.05 bits per heavy atom. The third-order valence-electron chi connectivity index (χ3n) is 3.87. The molecule has 0 radical (unpaired) electrons. The van der Waals surface area contributed by atoms with Gasteiger partial charge in [0, 0.05) is 12.0 Å². The number of hydrogen-bond donors (Lipinski definition) is 1. The highest BCUT2D eigenvalue weighted by Gasteiger charge is 2.39. The van der Waals surface area contributed by atoms with Crippen LogP contribution in [0, 0.1) is 5.82 Å². The van der Waals surface area contributed by atoms with Crippen LogP contribution >= 0.6 is 0 Å². The maximum Gasteiger partial charge on any atom is 0.247 e. The first-order valence-corrected chi connectivity index (χ1v) is 7.17. The van der Waals surface area contributed by atoms with Crippen LogP contribution in [0.2, 0.25) is 0 Å². The number of aromatic nitrogens is 4. The van der Waals surface area contributed by atoms with E-state index < -0.39 is 0 Å². The Labute approximate surface area is 126 Å². The number of hydrogen-bond acceptors (Lipinski definition) is 4. The lowest BCUT2D eigenvalue weighted by atomic mass is 10.1. The van der Waals surface area contributed by atoms with Gasteiger partial charge in [0.25, 0.3) is 0 Å². The zero-order chi connectivity index (χ0) is 14.9. The predicted octanol–water partition coefficient (Wildman–Crippen LogP) is 2.77. The number of nitrogens with zero attached hydrogens (tertiary/aromatic N) is 4. The Hall–Kier alpha value is -2.76. The SMILES string of the molecule is Fc1ccc([C@@H]2C[C@H]2Nc2nnnn2-c2ccccc2)cc1. The van der Waals surface area contributed by atoms with Crippen LogP contribution in [0.3, 0.4) is 0 Å². The van der Waals surface area contributed by atoms with Gasteiger partial charge in [-0.25, -0.2) is 4.39 Å². The van der Waals surface area contributed by atoms with E-state index in [9.17, 15) is 4.39 Å². The second-order valence-electron chi connectivity index (χ2n) is 5.39. The first-order valence-electron chi connectivity index (χ1n) is 7.17. The fraction of sp³-hybridized carbons (Fsp3) is 0.188. The summed E-state index contributed by atoms with van der Waals surface area (Å²) in [5, 5.41) is 15.2.